The van der Waals surface area contributed by atoms with E-state index in [1.807, 2.05) is 18.2 Å². The predicted molar refractivity (Wildman–Crippen MR) is 88.2 cm³/mol. The van der Waals surface area contributed by atoms with Gasteiger partial charge in [0.05, 0.1) is 6.26 Å². The molecule has 2 aromatic rings. The van der Waals surface area contributed by atoms with Crippen molar-refractivity contribution in [3.05, 3.63) is 65.1 Å². The van der Waals surface area contributed by atoms with Gasteiger partial charge in [-0.1, -0.05) is 24.0 Å². The second-order valence-electron chi connectivity index (χ2n) is 5.15. The van der Waals surface area contributed by atoms with E-state index >= 15 is 0 Å². The van der Waals surface area contributed by atoms with Gasteiger partial charge in [0.1, 0.15) is 5.76 Å². The first kappa shape index (κ1) is 16.5. The molecule has 0 bridgehead atoms. The number of unbranched alkanes of at least 4 members (excludes halogenated alkanes) is 2. The molecule has 0 N–H and O–H groups in total. The van der Waals surface area contributed by atoms with E-state index in [2.05, 4.69) is 16.6 Å². The number of carbonyl (C=O) groups is 1. The lowest BCUT2D eigenvalue weighted by molar-refractivity contribution is -0.00678. The highest BCUT2D eigenvalue weighted by Crippen LogP contribution is 2.10. The molecular weight excluding hydrogens is 288 g/mol. The van der Waals surface area contributed by atoms with E-state index in [1.54, 1.807) is 24.5 Å². The molecule has 0 radical (unpaired) electrons. The van der Waals surface area contributed by atoms with Crippen LogP contribution in [0.4, 0.5) is 0 Å². The molecule has 0 saturated carbocycles. The number of benzene rings is 1. The van der Waals surface area contributed by atoms with Crippen molar-refractivity contribution in [1.29, 1.82) is 0 Å². The first-order valence-electron chi connectivity index (χ1n) is 7.56. The van der Waals surface area contributed by atoms with E-state index in [0.717, 1.165) is 31.4 Å². The fourth-order valence-corrected chi connectivity index (χ4v) is 2.16. The maximum Gasteiger partial charge on any atom is 0.336 e. The second-order valence-corrected chi connectivity index (χ2v) is 5.15. The Kier molecular flexibility index (Phi) is 6.11. The molecule has 0 atom stereocenters. The standard InChI is InChI=1S/C19H18N2O2/c1-15(21-20)19(22)18-13-7-6-10-16(18)9-4-2-3-5-11-17-12-8-14-23-17/h6-8,10,12-14H,2-3,5,11H2,1H3. The van der Waals surface area contributed by atoms with Gasteiger partial charge in [0.2, 0.25) is 0 Å². The van der Waals surface area contributed by atoms with Crippen molar-refractivity contribution in [2.75, 3.05) is 0 Å². The Labute approximate surface area is 135 Å². The molecule has 116 valence electrons. The predicted octanol–water partition coefficient (Wildman–Crippen LogP) is 3.92. The summed E-state index contributed by atoms with van der Waals surface area (Å²) in [5.41, 5.74) is 9.91. The van der Waals surface area contributed by atoms with Crippen LogP contribution in [0.1, 0.15) is 47.9 Å². The summed E-state index contributed by atoms with van der Waals surface area (Å²) in [6.07, 6.45) is 5.34. The molecule has 0 spiro atoms. The van der Waals surface area contributed by atoms with Crippen LogP contribution >= 0.6 is 0 Å². The quantitative estimate of drug-likeness (QED) is 0.203. The number of carbonyl (C=O) groups excluding carboxylic acids is 1. The minimum Gasteiger partial charge on any atom is -0.469 e. The maximum atomic E-state index is 12.1. The number of ketones is 1. The topological polar surface area (TPSA) is 66.6 Å². The van der Waals surface area contributed by atoms with Gasteiger partial charge in [-0.3, -0.25) is 4.79 Å². The number of aryl methyl sites for hydroxylation is 1. The van der Waals surface area contributed by atoms with E-state index in [-0.39, 0.29) is 11.5 Å². The zero-order valence-corrected chi connectivity index (χ0v) is 13.1. The number of rotatable bonds is 6. The highest BCUT2D eigenvalue weighted by Gasteiger charge is 2.18. The Balaban J connectivity index is 1.93. The van der Waals surface area contributed by atoms with Gasteiger partial charge in [-0.15, -0.1) is 0 Å². The average molecular weight is 306 g/mol. The van der Waals surface area contributed by atoms with Gasteiger partial charge in [-0.2, -0.15) is 4.79 Å². The second kappa shape index (κ2) is 8.53. The zero-order chi connectivity index (χ0) is 16.5. The molecule has 0 aliphatic carbocycles. The van der Waals surface area contributed by atoms with Gasteiger partial charge < -0.3 is 9.95 Å². The van der Waals surface area contributed by atoms with Gasteiger partial charge in [0, 0.05) is 30.9 Å². The van der Waals surface area contributed by atoms with Crippen LogP contribution < -0.4 is 0 Å². The largest absolute Gasteiger partial charge is 0.469 e. The third kappa shape index (κ3) is 4.81. The van der Waals surface area contributed by atoms with Crippen LogP contribution in [0.5, 0.6) is 0 Å². The minimum absolute atomic E-state index is 0.0534. The van der Waals surface area contributed by atoms with Gasteiger partial charge >= 0.3 is 5.71 Å². The zero-order valence-electron chi connectivity index (χ0n) is 13.1. The minimum atomic E-state index is -0.310. The molecule has 0 fully saturated rings. The smallest absolute Gasteiger partial charge is 0.336 e. The van der Waals surface area contributed by atoms with Crippen molar-refractivity contribution in [3.63, 3.8) is 0 Å². The summed E-state index contributed by atoms with van der Waals surface area (Å²) >= 11 is 0. The van der Waals surface area contributed by atoms with Crippen molar-refractivity contribution in [2.24, 2.45) is 0 Å². The van der Waals surface area contributed by atoms with Crippen LogP contribution in [0.25, 0.3) is 5.53 Å². The molecule has 0 saturated heterocycles. The van der Waals surface area contributed by atoms with Crippen LogP contribution in [0.15, 0.2) is 47.1 Å². The van der Waals surface area contributed by atoms with Crippen LogP contribution in [-0.2, 0) is 6.42 Å². The average Bonchev–Trinajstić information content (AvgIpc) is 3.10. The molecular formula is C19H18N2O2. The number of nitrogens with zero attached hydrogens (tertiary/aromatic N) is 2. The monoisotopic (exact) mass is 306 g/mol. The first-order chi connectivity index (χ1) is 11.2. The third-order valence-corrected chi connectivity index (χ3v) is 3.43. The lowest BCUT2D eigenvalue weighted by Crippen LogP contribution is -2.12. The molecule has 1 aromatic carbocycles. The highest BCUT2D eigenvalue weighted by molar-refractivity contribution is 6.43. The summed E-state index contributed by atoms with van der Waals surface area (Å²) < 4.78 is 5.28. The van der Waals surface area contributed by atoms with Crippen molar-refractivity contribution in [3.8, 4) is 11.8 Å². The highest BCUT2D eigenvalue weighted by atomic mass is 16.3. The Morgan fingerprint density at radius 1 is 1.22 bits per heavy atom. The summed E-state index contributed by atoms with van der Waals surface area (Å²) in [7, 11) is 0. The van der Waals surface area contributed by atoms with E-state index in [4.69, 9.17) is 9.95 Å². The maximum absolute atomic E-state index is 12.1. The molecule has 4 heteroatoms. The fraction of sp³-hybridized carbons (Fsp3) is 0.263. The summed E-state index contributed by atoms with van der Waals surface area (Å²) in [5.74, 6) is 6.82. The van der Waals surface area contributed by atoms with Crippen LogP contribution in [0.3, 0.4) is 0 Å². The molecule has 4 nitrogen and oxygen atoms in total. The van der Waals surface area contributed by atoms with Crippen LogP contribution in [-0.4, -0.2) is 16.3 Å². The SMILES string of the molecule is CC(=[N+]=[N-])C(=O)c1ccccc1C#CCCCCc1ccco1. The Morgan fingerprint density at radius 3 is 2.78 bits per heavy atom. The van der Waals surface area contributed by atoms with E-state index in [9.17, 15) is 4.79 Å². The molecule has 0 aliphatic rings. The number of hydrogen-bond donors (Lipinski definition) is 0. The molecule has 0 unspecified atom stereocenters. The van der Waals surface area contributed by atoms with Gasteiger partial charge in [0.25, 0.3) is 5.78 Å². The number of Topliss-reactive ketones (excluding diaryl/α,β-unsaturated/α-hetero) is 1. The van der Waals surface area contributed by atoms with Gasteiger partial charge in [-0.25, -0.2) is 0 Å². The third-order valence-electron chi connectivity index (χ3n) is 3.43. The molecule has 23 heavy (non-hydrogen) atoms. The summed E-state index contributed by atoms with van der Waals surface area (Å²) in [6.45, 7) is 1.47. The lowest BCUT2D eigenvalue weighted by atomic mass is 10.0. The van der Waals surface area contributed by atoms with Crippen LogP contribution in [0.2, 0.25) is 0 Å². The van der Waals surface area contributed by atoms with Crippen molar-refractivity contribution in [2.45, 2.75) is 32.6 Å². The molecule has 1 aromatic heterocycles. The molecule has 0 aliphatic heterocycles. The Bertz CT molecular complexity index is 773. The van der Waals surface area contributed by atoms with Crippen molar-refractivity contribution < 1.29 is 14.0 Å². The first-order valence-corrected chi connectivity index (χ1v) is 7.56. The van der Waals surface area contributed by atoms with Gasteiger partial charge in [-0.05, 0) is 37.1 Å². The molecule has 0 amide bonds. The Hall–Kier alpha value is -2.89. The van der Waals surface area contributed by atoms with E-state index in [0.29, 0.717) is 11.1 Å². The van der Waals surface area contributed by atoms with Crippen LogP contribution in [0, 0.1) is 11.8 Å². The fourth-order valence-electron chi connectivity index (χ4n) is 2.16. The summed E-state index contributed by atoms with van der Waals surface area (Å²) in [6, 6.07) is 11.0. The number of hydrogen-bond acceptors (Lipinski definition) is 2. The van der Waals surface area contributed by atoms with Crippen molar-refractivity contribution in [1.82, 2.24) is 0 Å². The Morgan fingerprint density at radius 2 is 2.04 bits per heavy atom. The summed E-state index contributed by atoms with van der Waals surface area (Å²) in [4.78, 5) is 15.1. The normalized spacial score (nSPS) is 9.61. The van der Waals surface area contributed by atoms with E-state index < -0.39 is 0 Å². The molecule has 1 heterocycles. The van der Waals surface area contributed by atoms with Gasteiger partial charge in [0.15, 0.2) is 0 Å². The van der Waals surface area contributed by atoms with E-state index in [1.165, 1.54) is 6.92 Å². The molecule has 2 rings (SSSR count). The summed E-state index contributed by atoms with van der Waals surface area (Å²) in [5, 5.41) is 0. The van der Waals surface area contributed by atoms with Crippen molar-refractivity contribution >= 4 is 11.5 Å². The number of furan rings is 1. The lowest BCUT2D eigenvalue weighted by Gasteiger charge is -1.98.